The van der Waals surface area contributed by atoms with Crippen molar-refractivity contribution in [2.24, 2.45) is 0 Å². The Hall–Kier alpha value is 1.74. The van der Waals surface area contributed by atoms with E-state index in [4.69, 9.17) is 9.11 Å². The first-order valence-corrected chi connectivity index (χ1v) is 4.26. The van der Waals surface area contributed by atoms with E-state index in [2.05, 4.69) is 8.67 Å². The zero-order valence-corrected chi connectivity index (χ0v) is 11.8. The fourth-order valence-electron chi connectivity index (χ4n) is 0.0702. The Bertz CT molecular complexity index is 259. The van der Waals surface area contributed by atoms with E-state index in [-0.39, 0.29) is 62.0 Å². The van der Waals surface area contributed by atoms with Gasteiger partial charge < -0.3 is 0 Å². The molecule has 0 rings (SSSR count). The van der Waals surface area contributed by atoms with E-state index < -0.39 is 20.8 Å². The van der Waals surface area contributed by atoms with Crippen LogP contribution in [0.15, 0.2) is 0 Å². The molecule has 0 spiro atoms. The fourth-order valence-corrected chi connectivity index (χ4v) is 0.632. The summed E-state index contributed by atoms with van der Waals surface area (Å²) < 4.78 is 58.9. The maximum Gasteiger partial charge on any atom is 1.00 e. The van der Waals surface area contributed by atoms with Crippen molar-refractivity contribution in [3.63, 3.8) is 0 Å². The zero-order valence-electron chi connectivity index (χ0n) is 8.16. The van der Waals surface area contributed by atoms with Crippen molar-refractivity contribution in [1.29, 1.82) is 0 Å². The van der Waals surface area contributed by atoms with Gasteiger partial charge >= 0.3 is 82.8 Å². The maximum atomic E-state index is 9.51. The van der Waals surface area contributed by atoms with Gasteiger partial charge in [0.1, 0.15) is 0 Å². The van der Waals surface area contributed by atoms with Gasteiger partial charge in [-0.15, -0.1) is 0 Å². The van der Waals surface area contributed by atoms with Crippen LogP contribution < -0.4 is 59.1 Å². The molecule has 0 saturated carbocycles. The van der Waals surface area contributed by atoms with Crippen LogP contribution in [-0.2, 0) is 29.5 Å². The third kappa shape index (κ3) is 17.7. The Morgan fingerprint density at radius 2 is 1.00 bits per heavy atom. The largest absolute Gasteiger partial charge is 1.00 e. The van der Waals surface area contributed by atoms with Crippen LogP contribution in [0.2, 0.25) is 0 Å². The molecule has 0 radical (unpaired) electrons. The number of hydrogen-bond donors (Lipinski definition) is 2. The molecule has 0 atom stereocenters. The second kappa shape index (κ2) is 7.09. The van der Waals surface area contributed by atoms with Gasteiger partial charge in [-0.1, -0.05) is 8.67 Å². The topological polar surface area (TPSA) is 127 Å². The second-order valence-corrected chi connectivity index (χ2v) is 2.97. The Morgan fingerprint density at radius 1 is 0.833 bits per heavy atom. The van der Waals surface area contributed by atoms with Crippen LogP contribution in [0.25, 0.3) is 0 Å². The Balaban J connectivity index is -0.0000000675. The average molecular weight is 242 g/mol. The monoisotopic (exact) mass is 242 g/mol. The van der Waals surface area contributed by atoms with Crippen molar-refractivity contribution in [3.05, 3.63) is 0 Å². The fraction of sp³-hybridized carbons (Fsp3) is 0. The van der Waals surface area contributed by atoms with E-state index in [0.29, 0.717) is 0 Å². The van der Waals surface area contributed by atoms with Crippen LogP contribution in [0.3, 0.4) is 0 Å². The molecule has 0 aromatic carbocycles. The third-order valence-corrected chi connectivity index (χ3v) is 0.766. The molecule has 0 bridgehead atoms. The van der Waals surface area contributed by atoms with E-state index in [9.17, 15) is 16.8 Å². The van der Waals surface area contributed by atoms with Gasteiger partial charge in [0.05, 0.1) is 0 Å². The number of rotatable bonds is 3. The van der Waals surface area contributed by atoms with Crippen molar-refractivity contribution in [1.82, 2.24) is 0 Å². The predicted octanol–water partition coefficient (Wildman–Crippen LogP) is -7.23. The smallest absolute Gasteiger partial charge is 0.262 e. The van der Waals surface area contributed by atoms with E-state index in [1.807, 2.05) is 0 Å². The standard InChI is InChI=1S/2Na.H2O8S2/c;;1-9(2,3)7-8-10(4,5)6/h;;(H,1,2,3)(H,4,5,6)/q2*+1;/p+2. The summed E-state index contributed by atoms with van der Waals surface area (Å²) in [6.07, 6.45) is 0. The third-order valence-electron chi connectivity index (χ3n) is 0.200. The van der Waals surface area contributed by atoms with Crippen LogP contribution in [0, 0.1) is 0 Å². The van der Waals surface area contributed by atoms with Crippen molar-refractivity contribution in [2.75, 3.05) is 0 Å². The first kappa shape index (κ1) is 19.3. The summed E-state index contributed by atoms with van der Waals surface area (Å²) in [6, 6.07) is 0. The summed E-state index contributed by atoms with van der Waals surface area (Å²) in [5.41, 5.74) is 0. The molecule has 0 amide bonds. The number of hydrogen-bond acceptors (Lipinski definition) is 6. The maximum absolute atomic E-state index is 9.51. The van der Waals surface area contributed by atoms with Gasteiger partial charge in [0.2, 0.25) is 0 Å². The molecule has 0 fully saturated rings. The summed E-state index contributed by atoms with van der Waals surface area (Å²) in [5, 5.41) is 0. The Kier molecular flexibility index (Phi) is 11.4. The molecule has 8 nitrogen and oxygen atoms in total. The molecular formula is H4Na2O8S2+4. The SMILES string of the molecule is O=S(=O)(O)OOS(=O)(=O)O.[H+].[H+].[Na+].[Na+]. The molecule has 62 valence electrons. The van der Waals surface area contributed by atoms with E-state index >= 15 is 0 Å². The Morgan fingerprint density at radius 3 is 1.08 bits per heavy atom. The average Bonchev–Trinajstić information content (AvgIpc) is 1.57. The van der Waals surface area contributed by atoms with Gasteiger partial charge in [-0.2, -0.15) is 16.8 Å². The van der Waals surface area contributed by atoms with Crippen LogP contribution in [0.4, 0.5) is 0 Å². The summed E-state index contributed by atoms with van der Waals surface area (Å²) in [5.74, 6) is 0. The minimum absolute atomic E-state index is 0. The van der Waals surface area contributed by atoms with E-state index in [1.165, 1.54) is 0 Å². The molecule has 0 saturated heterocycles. The molecule has 0 heterocycles. The van der Waals surface area contributed by atoms with Crippen molar-refractivity contribution in [2.45, 2.75) is 0 Å². The van der Waals surface area contributed by atoms with Gasteiger partial charge in [0.15, 0.2) is 0 Å². The first-order chi connectivity index (χ1) is 4.21. The van der Waals surface area contributed by atoms with Gasteiger partial charge in [-0.25, -0.2) is 0 Å². The second-order valence-electron chi connectivity index (χ2n) is 0.992. The van der Waals surface area contributed by atoms with Crippen LogP contribution in [-0.4, -0.2) is 25.9 Å². The Labute approximate surface area is 116 Å². The molecule has 0 aliphatic carbocycles. The summed E-state index contributed by atoms with van der Waals surface area (Å²) in [4.78, 5) is 0. The molecule has 12 heavy (non-hydrogen) atoms. The summed E-state index contributed by atoms with van der Waals surface area (Å²) in [7, 11) is -10.0. The minimum atomic E-state index is -5.02. The van der Waals surface area contributed by atoms with Gasteiger partial charge in [0.25, 0.3) is 0 Å². The first-order valence-electron chi connectivity index (χ1n) is 1.53. The van der Waals surface area contributed by atoms with E-state index in [1.54, 1.807) is 0 Å². The molecule has 0 unspecified atom stereocenters. The van der Waals surface area contributed by atoms with Crippen LogP contribution in [0.5, 0.6) is 0 Å². The van der Waals surface area contributed by atoms with Crippen molar-refractivity contribution >= 4 is 20.8 Å². The molecule has 0 aromatic rings. The molecule has 2 N–H and O–H groups in total. The van der Waals surface area contributed by atoms with Crippen LogP contribution >= 0.6 is 0 Å². The molecular weight excluding hydrogens is 238 g/mol. The predicted molar refractivity (Wildman–Crippen MR) is 27.5 cm³/mol. The molecule has 0 aliphatic rings. The summed E-state index contributed by atoms with van der Waals surface area (Å²) in [6.45, 7) is 0. The summed E-state index contributed by atoms with van der Waals surface area (Å²) >= 11 is 0. The quantitative estimate of drug-likeness (QED) is 0.216. The molecule has 0 aromatic heterocycles. The van der Waals surface area contributed by atoms with Gasteiger partial charge in [-0.3, -0.25) is 9.11 Å². The van der Waals surface area contributed by atoms with Gasteiger partial charge in [0, 0.05) is 0 Å². The van der Waals surface area contributed by atoms with Crippen LogP contribution in [0.1, 0.15) is 2.85 Å². The minimum Gasteiger partial charge on any atom is -0.262 e. The van der Waals surface area contributed by atoms with Crippen molar-refractivity contribution < 1.29 is 96.6 Å². The molecule has 12 heteroatoms. The van der Waals surface area contributed by atoms with Gasteiger partial charge in [-0.05, 0) is 0 Å². The zero-order chi connectivity index (χ0) is 8.41. The van der Waals surface area contributed by atoms with E-state index in [0.717, 1.165) is 0 Å². The molecule has 0 aliphatic heterocycles. The van der Waals surface area contributed by atoms with Crippen molar-refractivity contribution in [3.8, 4) is 0 Å². The normalized spacial score (nSPS) is 11.2.